The quantitative estimate of drug-likeness (QED) is 0.689. The van der Waals surface area contributed by atoms with Crippen molar-refractivity contribution >= 4 is 34.1 Å². The highest BCUT2D eigenvalue weighted by atomic mass is 32.1. The van der Waals surface area contributed by atoms with Crippen LogP contribution in [0, 0.1) is 0 Å². The highest BCUT2D eigenvalue weighted by Gasteiger charge is 2.34. The van der Waals surface area contributed by atoms with Gasteiger partial charge in [-0.1, -0.05) is 12.1 Å². The molecule has 2 aromatic heterocycles. The zero-order valence-electron chi connectivity index (χ0n) is 16.0. The van der Waals surface area contributed by atoms with E-state index in [1.165, 1.54) is 11.3 Å². The second kappa shape index (κ2) is 7.44. The Morgan fingerprint density at radius 1 is 1.21 bits per heavy atom. The third-order valence-corrected chi connectivity index (χ3v) is 5.55. The molecule has 28 heavy (non-hydrogen) atoms. The smallest absolute Gasteiger partial charge is 0.267 e. The van der Waals surface area contributed by atoms with Gasteiger partial charge in [0.05, 0.1) is 11.7 Å². The van der Waals surface area contributed by atoms with E-state index in [9.17, 15) is 4.79 Å². The predicted molar refractivity (Wildman–Crippen MR) is 114 cm³/mol. The highest BCUT2D eigenvalue weighted by Crippen LogP contribution is 2.31. The van der Waals surface area contributed by atoms with Crippen molar-refractivity contribution in [1.29, 1.82) is 0 Å². The fourth-order valence-electron chi connectivity index (χ4n) is 3.07. The minimum absolute atomic E-state index is 0.0951. The number of thiazole rings is 1. The van der Waals surface area contributed by atoms with Gasteiger partial charge in [0.1, 0.15) is 0 Å². The van der Waals surface area contributed by atoms with Crippen LogP contribution >= 0.6 is 11.3 Å². The lowest BCUT2D eigenvalue weighted by Gasteiger charge is -2.18. The van der Waals surface area contributed by atoms with E-state index < -0.39 is 0 Å². The first-order valence-electron chi connectivity index (χ1n) is 8.98. The van der Waals surface area contributed by atoms with E-state index in [2.05, 4.69) is 15.4 Å². The summed E-state index contributed by atoms with van der Waals surface area (Å²) in [5, 5.41) is 4.56. The SMILES string of the molecule is CC1/C(=C/c2ccc(N(C)C)cc2)C(=O)NN1c1nc(-c2cccnc2)cs1. The monoisotopic (exact) mass is 391 g/mol. The minimum Gasteiger partial charge on any atom is -0.378 e. The van der Waals surface area contributed by atoms with Crippen LogP contribution in [0.3, 0.4) is 0 Å². The van der Waals surface area contributed by atoms with Crippen molar-refractivity contribution in [2.75, 3.05) is 24.0 Å². The topological polar surface area (TPSA) is 61.4 Å². The van der Waals surface area contributed by atoms with Gasteiger partial charge in [-0.2, -0.15) is 0 Å². The zero-order valence-corrected chi connectivity index (χ0v) is 16.8. The number of hydrogen-bond donors (Lipinski definition) is 1. The molecule has 3 aromatic rings. The number of aromatic nitrogens is 2. The number of hydrazine groups is 1. The average molecular weight is 392 g/mol. The number of hydrogen-bond acceptors (Lipinski definition) is 6. The maximum absolute atomic E-state index is 12.6. The third kappa shape index (κ3) is 3.48. The maximum atomic E-state index is 12.6. The van der Waals surface area contributed by atoms with Crippen molar-refractivity contribution in [3.05, 3.63) is 65.3 Å². The second-order valence-corrected chi connectivity index (χ2v) is 7.67. The Hall–Kier alpha value is -3.19. The number of nitrogens with zero attached hydrogens (tertiary/aromatic N) is 4. The van der Waals surface area contributed by atoms with Gasteiger partial charge in [-0.15, -0.1) is 11.3 Å². The van der Waals surface area contributed by atoms with E-state index in [1.807, 2.05) is 78.8 Å². The number of carbonyl (C=O) groups is 1. The summed E-state index contributed by atoms with van der Waals surface area (Å²) in [5.41, 5.74) is 7.59. The second-order valence-electron chi connectivity index (χ2n) is 6.83. The Labute approximate surface area is 168 Å². The van der Waals surface area contributed by atoms with E-state index in [4.69, 9.17) is 0 Å². The largest absolute Gasteiger partial charge is 0.378 e. The van der Waals surface area contributed by atoms with E-state index in [1.54, 1.807) is 12.4 Å². The molecule has 1 saturated heterocycles. The van der Waals surface area contributed by atoms with Crippen LogP contribution < -0.4 is 15.3 Å². The van der Waals surface area contributed by atoms with E-state index in [-0.39, 0.29) is 11.9 Å². The van der Waals surface area contributed by atoms with E-state index >= 15 is 0 Å². The van der Waals surface area contributed by atoms with Crippen LogP contribution in [0.2, 0.25) is 0 Å². The normalized spacial score (nSPS) is 17.8. The Bertz CT molecular complexity index is 1010. The molecule has 3 heterocycles. The van der Waals surface area contributed by atoms with Gasteiger partial charge >= 0.3 is 0 Å². The summed E-state index contributed by atoms with van der Waals surface area (Å²) in [6.45, 7) is 2.00. The molecule has 7 heteroatoms. The summed E-state index contributed by atoms with van der Waals surface area (Å²) >= 11 is 1.50. The van der Waals surface area contributed by atoms with Crippen LogP contribution in [0.15, 0.2) is 59.7 Å². The summed E-state index contributed by atoms with van der Waals surface area (Å²) in [7, 11) is 4.01. The molecule has 0 aliphatic carbocycles. The molecule has 1 fully saturated rings. The molecule has 1 aromatic carbocycles. The van der Waals surface area contributed by atoms with Crippen LogP contribution in [0.25, 0.3) is 17.3 Å². The predicted octanol–water partition coefficient (Wildman–Crippen LogP) is 3.59. The lowest BCUT2D eigenvalue weighted by atomic mass is 10.1. The molecule has 0 spiro atoms. The van der Waals surface area contributed by atoms with Gasteiger partial charge in [0.15, 0.2) is 0 Å². The molecule has 0 saturated carbocycles. The lowest BCUT2D eigenvalue weighted by Crippen LogP contribution is -2.36. The van der Waals surface area contributed by atoms with Crippen molar-refractivity contribution in [3.8, 4) is 11.3 Å². The lowest BCUT2D eigenvalue weighted by molar-refractivity contribution is -0.116. The first-order valence-corrected chi connectivity index (χ1v) is 9.86. The third-order valence-electron chi connectivity index (χ3n) is 4.71. The van der Waals surface area contributed by atoms with Crippen molar-refractivity contribution in [2.24, 2.45) is 0 Å². The van der Waals surface area contributed by atoms with Gasteiger partial charge in [-0.25, -0.2) is 4.98 Å². The molecular formula is C21H21N5OS. The summed E-state index contributed by atoms with van der Waals surface area (Å²) < 4.78 is 0. The fraction of sp³-hybridized carbons (Fsp3) is 0.190. The molecule has 0 bridgehead atoms. The Morgan fingerprint density at radius 3 is 2.68 bits per heavy atom. The van der Waals surface area contributed by atoms with Crippen molar-refractivity contribution in [1.82, 2.24) is 15.4 Å². The van der Waals surface area contributed by atoms with Gasteiger partial charge in [0, 0.05) is 48.7 Å². The number of anilines is 2. The van der Waals surface area contributed by atoms with Crippen molar-refractivity contribution in [3.63, 3.8) is 0 Å². The molecule has 6 nitrogen and oxygen atoms in total. The number of benzene rings is 1. The number of rotatable bonds is 4. The molecule has 0 radical (unpaired) electrons. The standard InChI is InChI=1S/C21H21N5OS/c1-14-18(11-15-6-8-17(9-7-15)25(2)3)20(27)24-26(14)21-23-19(13-28-21)16-5-4-10-22-12-16/h4-14H,1-3H3,(H,24,27)/b18-11-. The number of amides is 1. The number of nitrogens with one attached hydrogen (secondary N) is 1. The fourth-order valence-corrected chi connectivity index (χ4v) is 3.94. The first kappa shape index (κ1) is 18.2. The maximum Gasteiger partial charge on any atom is 0.267 e. The zero-order chi connectivity index (χ0) is 19.7. The molecule has 4 rings (SSSR count). The Kier molecular flexibility index (Phi) is 4.83. The van der Waals surface area contributed by atoms with Crippen molar-refractivity contribution < 1.29 is 4.79 Å². The molecular weight excluding hydrogens is 370 g/mol. The molecule has 1 aliphatic rings. The summed E-state index contributed by atoms with van der Waals surface area (Å²) in [5.74, 6) is -0.0951. The van der Waals surface area contributed by atoms with Crippen LogP contribution in [-0.4, -0.2) is 36.0 Å². The van der Waals surface area contributed by atoms with E-state index in [0.29, 0.717) is 0 Å². The molecule has 1 amide bonds. The van der Waals surface area contributed by atoms with Gasteiger partial charge in [0.25, 0.3) is 5.91 Å². The van der Waals surface area contributed by atoms with Gasteiger partial charge in [-0.3, -0.25) is 20.2 Å². The summed E-state index contributed by atoms with van der Waals surface area (Å²) in [4.78, 5) is 23.4. The number of pyridine rings is 1. The molecule has 1 unspecified atom stereocenters. The first-order chi connectivity index (χ1) is 13.5. The molecule has 1 N–H and O–H groups in total. The molecule has 1 aliphatic heterocycles. The molecule has 142 valence electrons. The van der Waals surface area contributed by atoms with Gasteiger partial charge in [0.2, 0.25) is 5.13 Å². The van der Waals surface area contributed by atoms with Crippen LogP contribution in [0.4, 0.5) is 10.8 Å². The molecule has 1 atom stereocenters. The Balaban J connectivity index is 1.57. The summed E-state index contributed by atoms with van der Waals surface area (Å²) in [6, 6.07) is 11.9. The van der Waals surface area contributed by atoms with Crippen LogP contribution in [-0.2, 0) is 4.79 Å². The van der Waals surface area contributed by atoms with Gasteiger partial charge < -0.3 is 4.90 Å². The van der Waals surface area contributed by atoms with Crippen molar-refractivity contribution in [2.45, 2.75) is 13.0 Å². The average Bonchev–Trinajstić information content (AvgIpc) is 3.30. The summed E-state index contributed by atoms with van der Waals surface area (Å²) in [6.07, 6.45) is 5.46. The Morgan fingerprint density at radius 2 is 2.00 bits per heavy atom. The minimum atomic E-state index is -0.117. The highest BCUT2D eigenvalue weighted by molar-refractivity contribution is 7.14. The van der Waals surface area contributed by atoms with Crippen LogP contribution in [0.1, 0.15) is 12.5 Å². The van der Waals surface area contributed by atoms with E-state index in [0.717, 1.165) is 33.2 Å². The van der Waals surface area contributed by atoms with Crippen LogP contribution in [0.5, 0.6) is 0 Å². The number of carbonyl (C=O) groups excluding carboxylic acids is 1. The van der Waals surface area contributed by atoms with Gasteiger partial charge in [-0.05, 0) is 42.8 Å².